The van der Waals surface area contributed by atoms with Gasteiger partial charge in [0, 0.05) is 219 Å². The number of hydrogen-bond acceptors (Lipinski definition) is 28. The van der Waals surface area contributed by atoms with E-state index in [0.29, 0.717) is 48.3 Å². The number of aliphatic hydroxyl groups is 2. The van der Waals surface area contributed by atoms with Gasteiger partial charge < -0.3 is 72.3 Å². The third-order valence-electron chi connectivity index (χ3n) is 22.0. The number of hydrogen-bond donors (Lipinski definition) is 2. The number of rotatable bonds is 35. The van der Waals surface area contributed by atoms with Gasteiger partial charge in [-0.25, -0.2) is 28.4 Å². The van der Waals surface area contributed by atoms with Crippen LogP contribution in [0.5, 0.6) is 46.0 Å². The molecule has 9 aromatic heterocycles. The Balaban J connectivity index is 0.000000145. The zero-order valence-corrected chi connectivity index (χ0v) is 79.5. The first-order chi connectivity index (χ1) is 66.1. The topological polar surface area (TPSA) is 341 Å². The Hall–Kier alpha value is -15.7. The second kappa shape index (κ2) is 45.6. The number of nitrogens with zero attached hydrogens (tertiary/aromatic N) is 21. The van der Waals surface area contributed by atoms with Crippen LogP contribution in [0, 0.1) is 11.8 Å². The van der Waals surface area contributed by atoms with Crippen molar-refractivity contribution in [1.29, 1.82) is 0 Å². The third kappa shape index (κ3) is 24.6. The van der Waals surface area contributed by atoms with Crippen LogP contribution in [0.4, 0.5) is 45.5 Å². The van der Waals surface area contributed by atoms with Crippen molar-refractivity contribution >= 4 is 99.5 Å². The molecule has 702 valence electrons. The van der Waals surface area contributed by atoms with Crippen LogP contribution in [0.3, 0.4) is 0 Å². The SMILES string of the molecule is CCCCN(c1cc(OC)cc(OC)c1)c1ccc2ncc(-c3cnn(CCO)c3)nc2c1.CCCN(c1cc(OC)cc(OC)c1)c1ccc2ncc(-c3cnn(CCS(C)(=O)=O)c3)nc2c1.CCCN(c1cc(OC)cc(OCCO)c1)c1ccc2ncc(-c3cnn(C)c3)nc2c1.COc1cc(OC)cc(N(CC#Cc2cccn2C)c2ccc3ncc(-c4cnn(C)c4)nc3c2)c1. The van der Waals surface area contributed by atoms with Crippen molar-refractivity contribution < 1.29 is 56.5 Å². The molecule has 34 heteroatoms. The molecule has 0 aliphatic rings. The minimum Gasteiger partial charge on any atom is -0.497 e. The Morgan fingerprint density at radius 2 is 0.713 bits per heavy atom. The van der Waals surface area contributed by atoms with Gasteiger partial charge in [0.25, 0.3) is 0 Å². The van der Waals surface area contributed by atoms with Crippen LogP contribution in [0.2, 0.25) is 0 Å². The fraction of sp³-hybridized carbons (Fsp3) is 0.275. The predicted octanol–water partition coefficient (Wildman–Crippen LogP) is 17.1. The number of benzene rings is 8. The number of sulfone groups is 1. The lowest BCUT2D eigenvalue weighted by Gasteiger charge is -2.26. The molecule has 0 spiro atoms. The average Bonchev–Trinajstić information content (AvgIpc) is 1.27. The largest absolute Gasteiger partial charge is 0.497 e. The van der Waals surface area contributed by atoms with Crippen LogP contribution >= 0.6 is 0 Å². The maximum atomic E-state index is 11.5. The van der Waals surface area contributed by atoms with E-state index in [1.54, 1.807) is 124 Å². The Labute approximate surface area is 790 Å². The van der Waals surface area contributed by atoms with Crippen LogP contribution in [-0.2, 0) is 44.1 Å². The molecule has 0 saturated carbocycles. The molecule has 0 fully saturated rings. The molecule has 2 N–H and O–H groups in total. The second-order valence-electron chi connectivity index (χ2n) is 31.7. The number of aliphatic hydroxyl groups excluding tert-OH is 2. The van der Waals surface area contributed by atoms with E-state index >= 15 is 0 Å². The van der Waals surface area contributed by atoms with E-state index in [1.807, 2.05) is 196 Å². The molecule has 0 amide bonds. The molecule has 0 aliphatic carbocycles. The number of fused-ring (bicyclic) bond motifs is 4. The van der Waals surface area contributed by atoms with E-state index in [9.17, 15) is 8.42 Å². The first-order valence-electron chi connectivity index (χ1n) is 44.3. The maximum Gasteiger partial charge on any atom is 0.149 e. The van der Waals surface area contributed by atoms with Crippen molar-refractivity contribution in [3.8, 4) is 103 Å². The first-order valence-corrected chi connectivity index (χ1v) is 46.4. The number of ether oxygens (including phenoxy) is 8. The highest BCUT2D eigenvalue weighted by atomic mass is 32.2. The normalized spacial score (nSPS) is 11.1. The lowest BCUT2D eigenvalue weighted by Crippen LogP contribution is -2.18. The summed E-state index contributed by atoms with van der Waals surface area (Å²) < 4.78 is 75.8. The molecule has 17 aromatic rings. The van der Waals surface area contributed by atoms with Crippen LogP contribution < -0.4 is 57.5 Å². The Morgan fingerprint density at radius 3 is 1.04 bits per heavy atom. The Morgan fingerprint density at radius 1 is 0.368 bits per heavy atom. The summed E-state index contributed by atoms with van der Waals surface area (Å²) in [6.45, 7) is 10.3. The number of anilines is 8. The summed E-state index contributed by atoms with van der Waals surface area (Å²) >= 11 is 0. The fourth-order valence-corrected chi connectivity index (χ4v) is 15.5. The van der Waals surface area contributed by atoms with Crippen molar-refractivity contribution in [2.24, 2.45) is 21.1 Å². The van der Waals surface area contributed by atoms with E-state index in [-0.39, 0.29) is 25.6 Å². The van der Waals surface area contributed by atoms with Crippen molar-refractivity contribution in [2.75, 3.05) is 127 Å². The summed E-state index contributed by atoms with van der Waals surface area (Å²) in [4.78, 5) is 46.5. The standard InChI is InChI=1S/C28H26N6O2.C25H29N5O4S.C25H29N5O3.C24H27N5O3/c1-32-11-5-7-21(32)8-6-12-34(23-13-24(35-3)16-25(14-23)36-4)22-9-10-26-27(15-22)31-28(18-29-26)20-17-30-33(2)19-20;1-5-8-30(20-11-21(33-2)14-22(12-20)34-3)19-6-7-23-24(13-19)28-25(16-26-23)18-15-27-29(17-18)9-10-35(4,31)32;1-4-5-8-30(20-11-21(32-2)14-22(12-20)33-3)19-6-7-23-24(13-19)28-25(16-26-23)18-15-27-29(17-18)9-10-31;1-4-7-29(19-10-20(31-3)13-21(11-19)32-9-8-30)18-5-6-22-23(12-18)27-24(15-25-22)17-14-26-28(2)16-17/h5,7,9-11,13-19H,12H2,1-4H3;6-7,11-17H,5,8-10H2,1-4H3;6-7,11-17,31H,4-5,8-10H2,1-3H3;5-6,10-16,30H,4,7-9H2,1-3H3. The quantitative estimate of drug-likeness (QED) is 0.0348. The van der Waals surface area contributed by atoms with Gasteiger partial charge in [0.15, 0.2) is 0 Å². The first kappa shape index (κ1) is 96.3. The highest BCUT2D eigenvalue weighted by molar-refractivity contribution is 7.90. The molecule has 136 heavy (non-hydrogen) atoms. The van der Waals surface area contributed by atoms with Crippen molar-refractivity contribution in [3.05, 3.63) is 244 Å². The number of unbranched alkanes of at least 4 members (excludes halogenated alkanes) is 1. The molecule has 9 heterocycles. The molecule has 17 rings (SSSR count). The maximum absolute atomic E-state index is 11.5. The van der Waals surface area contributed by atoms with Crippen LogP contribution in [0.15, 0.2) is 238 Å². The van der Waals surface area contributed by atoms with Crippen molar-refractivity contribution in [3.63, 3.8) is 0 Å². The molecular weight excluding hydrogens is 1740 g/mol. The summed E-state index contributed by atoms with van der Waals surface area (Å²) in [5, 5.41) is 35.3. The number of aryl methyl sites for hydroxylation is 4. The minimum atomic E-state index is -3.07. The number of methoxy groups -OCH3 is 7. The fourth-order valence-electron chi connectivity index (χ4n) is 15.0. The van der Waals surface area contributed by atoms with Crippen LogP contribution in [-0.4, -0.2) is 210 Å². The Bertz CT molecular complexity index is 7060. The highest BCUT2D eigenvalue weighted by Gasteiger charge is 2.22. The van der Waals surface area contributed by atoms with Gasteiger partial charge in [-0.05, 0) is 110 Å². The Kier molecular flexibility index (Phi) is 32.3. The molecule has 0 atom stereocenters. The van der Waals surface area contributed by atoms with E-state index in [2.05, 4.69) is 105 Å². The predicted molar refractivity (Wildman–Crippen MR) is 532 cm³/mol. The van der Waals surface area contributed by atoms with Gasteiger partial charge in [-0.1, -0.05) is 33.1 Å². The third-order valence-corrected chi connectivity index (χ3v) is 22.9. The summed E-state index contributed by atoms with van der Waals surface area (Å²) in [7, 11) is 14.2. The molecule has 33 nitrogen and oxygen atoms in total. The van der Waals surface area contributed by atoms with Crippen LogP contribution in [0.25, 0.3) is 89.2 Å². The van der Waals surface area contributed by atoms with Gasteiger partial charge in [-0.2, -0.15) is 20.4 Å². The van der Waals surface area contributed by atoms with E-state index < -0.39 is 9.84 Å². The van der Waals surface area contributed by atoms with E-state index in [0.717, 1.165) is 203 Å². The second-order valence-corrected chi connectivity index (χ2v) is 34.0. The smallest absolute Gasteiger partial charge is 0.149 e. The average molecular weight is 1860 g/mol. The van der Waals surface area contributed by atoms with E-state index in [1.165, 1.54) is 6.26 Å². The van der Waals surface area contributed by atoms with Gasteiger partial charge in [-0.3, -0.25) is 38.7 Å². The molecule has 8 aromatic carbocycles. The van der Waals surface area contributed by atoms with Gasteiger partial charge in [0.1, 0.15) is 62.4 Å². The van der Waals surface area contributed by atoms with Crippen molar-refractivity contribution in [2.45, 2.75) is 59.5 Å². The molecule has 0 bridgehead atoms. The summed E-state index contributed by atoms with van der Waals surface area (Å²) in [5.41, 5.74) is 21.5. The van der Waals surface area contributed by atoms with Crippen molar-refractivity contribution in [1.82, 2.24) is 83.6 Å². The summed E-state index contributed by atoms with van der Waals surface area (Å²) in [5.74, 6) is 12.3. The lowest BCUT2D eigenvalue weighted by molar-refractivity contribution is 0.201. The highest BCUT2D eigenvalue weighted by Crippen LogP contribution is 2.41. The van der Waals surface area contributed by atoms with Gasteiger partial charge >= 0.3 is 0 Å². The summed E-state index contributed by atoms with van der Waals surface area (Å²) in [6.07, 6.45) is 28.7. The summed E-state index contributed by atoms with van der Waals surface area (Å²) in [6, 6.07) is 51.4. The molecule has 0 saturated heterocycles. The molecular formula is C102H111N21O12S. The van der Waals surface area contributed by atoms with Gasteiger partial charge in [0.2, 0.25) is 0 Å². The van der Waals surface area contributed by atoms with E-state index in [4.69, 9.17) is 68.0 Å². The van der Waals surface area contributed by atoms with Crippen LogP contribution in [0.1, 0.15) is 52.1 Å². The molecule has 0 radical (unpaired) electrons. The molecule has 0 aliphatic heterocycles. The monoisotopic (exact) mass is 1850 g/mol. The minimum absolute atomic E-state index is 0.0310. The number of aromatic nitrogens is 17. The lowest BCUT2D eigenvalue weighted by atomic mass is 10.1. The van der Waals surface area contributed by atoms with Gasteiger partial charge in [-0.15, -0.1) is 0 Å². The molecule has 0 unspecified atom stereocenters. The zero-order valence-electron chi connectivity index (χ0n) is 78.7. The zero-order chi connectivity index (χ0) is 95.8. The van der Waals surface area contributed by atoms with Gasteiger partial charge in [0.05, 0.1) is 211 Å².